The van der Waals surface area contributed by atoms with E-state index in [4.69, 9.17) is 0 Å². The molecule has 0 aromatic heterocycles. The van der Waals surface area contributed by atoms with Crippen LogP contribution in [0.1, 0.15) is 18.4 Å². The maximum atomic E-state index is 13.2. The molecule has 0 N–H and O–H groups in total. The Morgan fingerprint density at radius 1 is 1.29 bits per heavy atom. The normalized spacial score (nSPS) is 18.2. The second kappa shape index (κ2) is 3.97. The van der Waals surface area contributed by atoms with Crippen LogP contribution in [0.2, 0.25) is 0 Å². The summed E-state index contributed by atoms with van der Waals surface area (Å²) in [6.07, 6.45) is 2.79. The zero-order valence-electron chi connectivity index (χ0n) is 7.64. The van der Waals surface area contributed by atoms with Gasteiger partial charge in [0.15, 0.2) is 0 Å². The lowest BCUT2D eigenvalue weighted by atomic mass is 10.1. The van der Waals surface area contributed by atoms with Crippen molar-refractivity contribution in [2.75, 3.05) is 0 Å². The SMILES string of the molecule is Fc1cccc(F)c1CC(Br)C1CC1. The third kappa shape index (κ3) is 2.14. The maximum absolute atomic E-state index is 13.2. The molecule has 0 spiro atoms. The van der Waals surface area contributed by atoms with Crippen molar-refractivity contribution < 1.29 is 8.78 Å². The number of hydrogen-bond acceptors (Lipinski definition) is 0. The number of hydrogen-bond donors (Lipinski definition) is 0. The molecule has 1 aliphatic carbocycles. The highest BCUT2D eigenvalue weighted by atomic mass is 79.9. The molecule has 76 valence electrons. The second-order valence-electron chi connectivity index (χ2n) is 3.76. The van der Waals surface area contributed by atoms with Gasteiger partial charge in [-0.2, -0.15) is 0 Å². The molecule has 0 amide bonds. The van der Waals surface area contributed by atoms with Crippen molar-refractivity contribution >= 4 is 15.9 Å². The fraction of sp³-hybridized carbons (Fsp3) is 0.455. The van der Waals surface area contributed by atoms with Crippen molar-refractivity contribution in [1.29, 1.82) is 0 Å². The Labute approximate surface area is 90.4 Å². The van der Waals surface area contributed by atoms with E-state index in [0.717, 1.165) is 0 Å². The fourth-order valence-corrected chi connectivity index (χ4v) is 2.40. The first-order valence-electron chi connectivity index (χ1n) is 4.75. The molecule has 1 aromatic carbocycles. The van der Waals surface area contributed by atoms with E-state index in [9.17, 15) is 8.78 Å². The molecular weight excluding hydrogens is 250 g/mol. The Morgan fingerprint density at radius 2 is 1.86 bits per heavy atom. The maximum Gasteiger partial charge on any atom is 0.129 e. The first-order chi connectivity index (χ1) is 6.68. The van der Waals surface area contributed by atoms with Gasteiger partial charge in [0, 0.05) is 10.4 Å². The number of alkyl halides is 1. The molecule has 1 aliphatic rings. The van der Waals surface area contributed by atoms with Crippen LogP contribution in [0.3, 0.4) is 0 Å². The van der Waals surface area contributed by atoms with E-state index >= 15 is 0 Å². The van der Waals surface area contributed by atoms with E-state index < -0.39 is 11.6 Å². The third-order valence-electron chi connectivity index (χ3n) is 2.59. The van der Waals surface area contributed by atoms with Crippen molar-refractivity contribution in [3.63, 3.8) is 0 Å². The smallest absolute Gasteiger partial charge is 0.129 e. The molecule has 0 saturated heterocycles. The summed E-state index contributed by atoms with van der Waals surface area (Å²) in [6, 6.07) is 4.02. The van der Waals surface area contributed by atoms with Gasteiger partial charge < -0.3 is 0 Å². The molecule has 2 rings (SSSR count). The predicted octanol–water partition coefficient (Wildman–Crippen LogP) is 3.68. The van der Waals surface area contributed by atoms with Gasteiger partial charge in [-0.1, -0.05) is 22.0 Å². The Morgan fingerprint density at radius 3 is 2.36 bits per heavy atom. The van der Waals surface area contributed by atoms with Gasteiger partial charge in [-0.15, -0.1) is 0 Å². The standard InChI is InChI=1S/C11H11BrF2/c12-9(7-4-5-7)6-8-10(13)2-1-3-11(8)14/h1-3,7,9H,4-6H2. The lowest BCUT2D eigenvalue weighted by Gasteiger charge is -2.09. The van der Waals surface area contributed by atoms with Gasteiger partial charge in [0.05, 0.1) is 0 Å². The van der Waals surface area contributed by atoms with Crippen molar-refractivity contribution in [3.8, 4) is 0 Å². The van der Waals surface area contributed by atoms with Gasteiger partial charge in [-0.3, -0.25) is 0 Å². The summed E-state index contributed by atoms with van der Waals surface area (Å²) < 4.78 is 26.5. The summed E-state index contributed by atoms with van der Waals surface area (Å²) in [5.74, 6) is -0.265. The molecule has 1 unspecified atom stereocenters. The quantitative estimate of drug-likeness (QED) is 0.728. The number of rotatable bonds is 3. The summed E-state index contributed by atoms with van der Waals surface area (Å²) in [7, 11) is 0. The zero-order chi connectivity index (χ0) is 10.1. The lowest BCUT2D eigenvalue weighted by Crippen LogP contribution is -2.08. The first kappa shape index (κ1) is 10.1. The molecule has 0 radical (unpaired) electrons. The lowest BCUT2D eigenvalue weighted by molar-refractivity contribution is 0.548. The molecule has 1 fully saturated rings. The van der Waals surface area contributed by atoms with Gasteiger partial charge in [-0.05, 0) is 37.3 Å². The minimum absolute atomic E-state index is 0.210. The molecule has 14 heavy (non-hydrogen) atoms. The molecule has 0 aliphatic heterocycles. The van der Waals surface area contributed by atoms with Gasteiger partial charge in [0.2, 0.25) is 0 Å². The highest BCUT2D eigenvalue weighted by molar-refractivity contribution is 9.09. The van der Waals surface area contributed by atoms with Gasteiger partial charge in [0.1, 0.15) is 11.6 Å². The Hall–Kier alpha value is -0.440. The average molecular weight is 261 g/mol. The van der Waals surface area contributed by atoms with E-state index in [1.807, 2.05) is 0 Å². The number of benzene rings is 1. The van der Waals surface area contributed by atoms with Crippen LogP contribution in [0.4, 0.5) is 8.78 Å². The Balaban J connectivity index is 2.14. The van der Waals surface area contributed by atoms with E-state index in [-0.39, 0.29) is 10.4 Å². The second-order valence-corrected chi connectivity index (χ2v) is 4.93. The molecule has 1 aromatic rings. The molecule has 0 bridgehead atoms. The molecule has 3 heteroatoms. The van der Waals surface area contributed by atoms with Crippen LogP contribution in [0.5, 0.6) is 0 Å². The van der Waals surface area contributed by atoms with Crippen LogP contribution in [0.25, 0.3) is 0 Å². The summed E-state index contributed by atoms with van der Waals surface area (Å²) in [5.41, 5.74) is 0.210. The van der Waals surface area contributed by atoms with E-state index in [0.29, 0.717) is 12.3 Å². The van der Waals surface area contributed by atoms with Crippen molar-refractivity contribution in [2.24, 2.45) is 5.92 Å². The molecule has 0 heterocycles. The number of halogens is 3. The Kier molecular flexibility index (Phi) is 2.86. The predicted molar refractivity (Wildman–Crippen MR) is 55.5 cm³/mol. The monoisotopic (exact) mass is 260 g/mol. The largest absolute Gasteiger partial charge is 0.207 e. The molecule has 1 saturated carbocycles. The van der Waals surface area contributed by atoms with Crippen LogP contribution in [-0.4, -0.2) is 4.83 Å². The van der Waals surface area contributed by atoms with Crippen LogP contribution < -0.4 is 0 Å². The topological polar surface area (TPSA) is 0 Å². The molecule has 1 atom stereocenters. The molecule has 0 nitrogen and oxygen atoms in total. The molecular formula is C11H11BrF2. The summed E-state index contributed by atoms with van der Waals surface area (Å²) in [6.45, 7) is 0. The highest BCUT2D eigenvalue weighted by Gasteiger charge is 2.30. The van der Waals surface area contributed by atoms with Crippen molar-refractivity contribution in [2.45, 2.75) is 24.1 Å². The zero-order valence-corrected chi connectivity index (χ0v) is 9.23. The van der Waals surface area contributed by atoms with Crippen LogP contribution >= 0.6 is 15.9 Å². The van der Waals surface area contributed by atoms with Crippen molar-refractivity contribution in [3.05, 3.63) is 35.4 Å². The highest BCUT2D eigenvalue weighted by Crippen LogP contribution is 2.38. The van der Waals surface area contributed by atoms with Gasteiger partial charge >= 0.3 is 0 Å². The van der Waals surface area contributed by atoms with Crippen molar-refractivity contribution in [1.82, 2.24) is 0 Å². The minimum Gasteiger partial charge on any atom is -0.207 e. The minimum atomic E-state index is -0.435. The van der Waals surface area contributed by atoms with E-state index in [2.05, 4.69) is 15.9 Å². The third-order valence-corrected chi connectivity index (χ3v) is 3.67. The van der Waals surface area contributed by atoms with Gasteiger partial charge in [0.25, 0.3) is 0 Å². The first-order valence-corrected chi connectivity index (χ1v) is 5.67. The fourth-order valence-electron chi connectivity index (χ4n) is 1.55. The van der Waals surface area contributed by atoms with Crippen LogP contribution in [-0.2, 0) is 6.42 Å². The summed E-state index contributed by atoms with van der Waals surface area (Å²) in [5, 5.41) is 0. The average Bonchev–Trinajstić information content (AvgIpc) is 2.94. The Bertz CT molecular complexity index is 314. The van der Waals surface area contributed by atoms with E-state index in [1.165, 1.54) is 31.0 Å². The van der Waals surface area contributed by atoms with Crippen LogP contribution in [0, 0.1) is 17.6 Å². The van der Waals surface area contributed by atoms with Crippen LogP contribution in [0.15, 0.2) is 18.2 Å². The summed E-state index contributed by atoms with van der Waals surface area (Å²) >= 11 is 3.48. The van der Waals surface area contributed by atoms with E-state index in [1.54, 1.807) is 0 Å². The van der Waals surface area contributed by atoms with Gasteiger partial charge in [-0.25, -0.2) is 8.78 Å². The summed E-state index contributed by atoms with van der Waals surface area (Å²) in [4.78, 5) is 0.217.